The first-order valence-electron chi connectivity index (χ1n) is 7.48. The Morgan fingerprint density at radius 3 is 2.90 bits per heavy atom. The smallest absolute Gasteiger partial charge is 0.305 e. The standard InChI is InChI=1S/C16H22N2O3/c1-12-8-13(11-17-10-12)5-6-15(19)18-7-3-2-4-14(18)9-16(20)21/h8,10-11,14H,2-7,9H2,1H3,(H,20,21). The molecule has 1 N–H and O–H groups in total. The summed E-state index contributed by atoms with van der Waals surface area (Å²) in [5.41, 5.74) is 2.14. The zero-order chi connectivity index (χ0) is 15.2. The number of nitrogens with zero attached hydrogens (tertiary/aromatic N) is 2. The van der Waals surface area contributed by atoms with Gasteiger partial charge in [0.15, 0.2) is 0 Å². The van der Waals surface area contributed by atoms with Crippen molar-refractivity contribution < 1.29 is 14.7 Å². The first kappa shape index (κ1) is 15.5. The number of piperidine rings is 1. The quantitative estimate of drug-likeness (QED) is 0.902. The van der Waals surface area contributed by atoms with E-state index in [9.17, 15) is 9.59 Å². The number of amides is 1. The van der Waals surface area contributed by atoms with Crippen molar-refractivity contribution in [1.29, 1.82) is 0 Å². The van der Waals surface area contributed by atoms with Gasteiger partial charge >= 0.3 is 5.97 Å². The van der Waals surface area contributed by atoms with E-state index >= 15 is 0 Å². The number of hydrogen-bond acceptors (Lipinski definition) is 3. The van der Waals surface area contributed by atoms with E-state index in [0.29, 0.717) is 19.4 Å². The lowest BCUT2D eigenvalue weighted by molar-refractivity contribution is -0.141. The Hall–Kier alpha value is -1.91. The number of hydrogen-bond donors (Lipinski definition) is 1. The summed E-state index contributed by atoms with van der Waals surface area (Å²) < 4.78 is 0. The summed E-state index contributed by atoms with van der Waals surface area (Å²) in [6, 6.07) is 1.89. The molecule has 0 saturated carbocycles. The van der Waals surface area contributed by atoms with Crippen molar-refractivity contribution in [3.8, 4) is 0 Å². The van der Waals surface area contributed by atoms with Crippen molar-refractivity contribution in [3.05, 3.63) is 29.6 Å². The predicted octanol–water partition coefficient (Wildman–Crippen LogP) is 2.18. The van der Waals surface area contributed by atoms with E-state index in [0.717, 1.165) is 30.4 Å². The Balaban J connectivity index is 1.92. The maximum absolute atomic E-state index is 12.4. The van der Waals surface area contributed by atoms with Crippen LogP contribution in [0.3, 0.4) is 0 Å². The number of aromatic nitrogens is 1. The molecule has 1 aromatic rings. The summed E-state index contributed by atoms with van der Waals surface area (Å²) in [6.45, 7) is 2.66. The molecule has 2 rings (SSSR count). The van der Waals surface area contributed by atoms with E-state index in [4.69, 9.17) is 5.11 Å². The summed E-state index contributed by atoms with van der Waals surface area (Å²) in [7, 11) is 0. The molecular formula is C16H22N2O3. The lowest BCUT2D eigenvalue weighted by atomic mass is 9.98. The second-order valence-corrected chi connectivity index (χ2v) is 5.71. The number of pyridine rings is 1. The van der Waals surface area contributed by atoms with Crippen molar-refractivity contribution in [1.82, 2.24) is 9.88 Å². The third-order valence-corrected chi connectivity index (χ3v) is 3.92. The molecule has 1 aliphatic rings. The Kier molecular flexibility index (Phi) is 5.31. The van der Waals surface area contributed by atoms with Gasteiger partial charge in [0, 0.05) is 31.4 Å². The van der Waals surface area contributed by atoms with Gasteiger partial charge in [0.25, 0.3) is 0 Å². The fourth-order valence-corrected chi connectivity index (χ4v) is 2.89. The monoisotopic (exact) mass is 290 g/mol. The summed E-state index contributed by atoms with van der Waals surface area (Å²) in [6.07, 6.45) is 7.47. The van der Waals surface area contributed by atoms with E-state index in [-0.39, 0.29) is 18.4 Å². The van der Waals surface area contributed by atoms with Crippen LogP contribution >= 0.6 is 0 Å². The highest BCUT2D eigenvalue weighted by atomic mass is 16.4. The number of carboxylic acid groups (broad SMARTS) is 1. The molecule has 0 spiro atoms. The maximum atomic E-state index is 12.4. The Morgan fingerprint density at radius 1 is 1.38 bits per heavy atom. The number of carbonyl (C=O) groups excluding carboxylic acids is 1. The normalized spacial score (nSPS) is 18.5. The summed E-state index contributed by atoms with van der Waals surface area (Å²) >= 11 is 0. The van der Waals surface area contributed by atoms with Crippen LogP contribution in [0.4, 0.5) is 0 Å². The first-order chi connectivity index (χ1) is 10.1. The lowest BCUT2D eigenvalue weighted by Gasteiger charge is -2.35. The predicted molar refractivity (Wildman–Crippen MR) is 78.9 cm³/mol. The number of likely N-dealkylation sites (tertiary alicyclic amines) is 1. The van der Waals surface area contributed by atoms with Gasteiger partial charge in [-0.15, -0.1) is 0 Å². The van der Waals surface area contributed by atoms with E-state index < -0.39 is 5.97 Å². The van der Waals surface area contributed by atoms with E-state index in [2.05, 4.69) is 4.98 Å². The van der Waals surface area contributed by atoms with Gasteiger partial charge in [-0.3, -0.25) is 14.6 Å². The Morgan fingerprint density at radius 2 is 2.19 bits per heavy atom. The summed E-state index contributed by atoms with van der Waals surface area (Å²) in [5.74, 6) is -0.773. The lowest BCUT2D eigenvalue weighted by Crippen LogP contribution is -2.44. The molecule has 1 atom stereocenters. The first-order valence-corrected chi connectivity index (χ1v) is 7.48. The van der Waals surface area contributed by atoms with Gasteiger partial charge in [-0.25, -0.2) is 0 Å². The fourth-order valence-electron chi connectivity index (χ4n) is 2.89. The SMILES string of the molecule is Cc1cncc(CCC(=O)N2CCCCC2CC(=O)O)c1. The molecule has 1 aromatic heterocycles. The zero-order valence-electron chi connectivity index (χ0n) is 12.4. The van der Waals surface area contributed by atoms with E-state index in [1.54, 1.807) is 17.3 Å². The summed E-state index contributed by atoms with van der Waals surface area (Å²) in [4.78, 5) is 29.2. The van der Waals surface area contributed by atoms with Crippen LogP contribution in [0.1, 0.15) is 43.2 Å². The van der Waals surface area contributed by atoms with Gasteiger partial charge in [0.05, 0.1) is 6.42 Å². The van der Waals surface area contributed by atoms with Crippen LogP contribution in [0, 0.1) is 6.92 Å². The van der Waals surface area contributed by atoms with Gasteiger partial charge in [-0.2, -0.15) is 0 Å². The van der Waals surface area contributed by atoms with Gasteiger partial charge in [-0.1, -0.05) is 6.07 Å². The van der Waals surface area contributed by atoms with Crippen LogP contribution in [0.2, 0.25) is 0 Å². The molecule has 1 aliphatic heterocycles. The molecule has 5 heteroatoms. The largest absolute Gasteiger partial charge is 0.481 e. The highest BCUT2D eigenvalue weighted by Gasteiger charge is 2.27. The van der Waals surface area contributed by atoms with Crippen molar-refractivity contribution >= 4 is 11.9 Å². The molecule has 0 aliphatic carbocycles. The minimum Gasteiger partial charge on any atom is -0.481 e. The van der Waals surface area contributed by atoms with Gasteiger partial charge in [0.1, 0.15) is 0 Å². The van der Waals surface area contributed by atoms with E-state index in [1.165, 1.54) is 0 Å². The molecule has 1 saturated heterocycles. The van der Waals surface area contributed by atoms with Crippen LogP contribution in [-0.2, 0) is 16.0 Å². The highest BCUT2D eigenvalue weighted by Crippen LogP contribution is 2.21. The Labute approximate surface area is 125 Å². The second-order valence-electron chi connectivity index (χ2n) is 5.71. The minimum absolute atomic E-state index is 0.0533. The average Bonchev–Trinajstić information content (AvgIpc) is 2.45. The van der Waals surface area contributed by atoms with Crippen LogP contribution in [-0.4, -0.2) is 39.5 Å². The maximum Gasteiger partial charge on any atom is 0.305 e. The minimum atomic E-state index is -0.831. The zero-order valence-corrected chi connectivity index (χ0v) is 12.4. The van der Waals surface area contributed by atoms with Crippen molar-refractivity contribution in [2.75, 3.05) is 6.54 Å². The van der Waals surface area contributed by atoms with Gasteiger partial charge in [0.2, 0.25) is 5.91 Å². The molecule has 0 bridgehead atoms. The van der Waals surface area contributed by atoms with Crippen molar-refractivity contribution in [3.63, 3.8) is 0 Å². The third kappa shape index (κ3) is 4.55. The molecular weight excluding hydrogens is 268 g/mol. The number of aliphatic carboxylic acids is 1. The van der Waals surface area contributed by atoms with Gasteiger partial charge in [-0.05, 0) is 43.7 Å². The molecule has 5 nitrogen and oxygen atoms in total. The highest BCUT2D eigenvalue weighted by molar-refractivity contribution is 5.78. The molecule has 2 heterocycles. The second kappa shape index (κ2) is 7.20. The molecule has 1 fully saturated rings. The van der Waals surface area contributed by atoms with E-state index in [1.807, 2.05) is 13.0 Å². The van der Waals surface area contributed by atoms with Crippen LogP contribution < -0.4 is 0 Å². The number of rotatable bonds is 5. The average molecular weight is 290 g/mol. The number of carbonyl (C=O) groups is 2. The van der Waals surface area contributed by atoms with Crippen molar-refractivity contribution in [2.45, 2.75) is 51.5 Å². The van der Waals surface area contributed by atoms with Crippen molar-refractivity contribution in [2.24, 2.45) is 0 Å². The molecule has 0 aromatic carbocycles. The molecule has 0 radical (unpaired) electrons. The topological polar surface area (TPSA) is 70.5 Å². The Bertz CT molecular complexity index is 516. The molecule has 1 amide bonds. The van der Waals surface area contributed by atoms with Gasteiger partial charge < -0.3 is 10.0 Å². The summed E-state index contributed by atoms with van der Waals surface area (Å²) in [5, 5.41) is 8.96. The molecule has 21 heavy (non-hydrogen) atoms. The molecule has 114 valence electrons. The fraction of sp³-hybridized carbons (Fsp3) is 0.562. The third-order valence-electron chi connectivity index (χ3n) is 3.92. The van der Waals surface area contributed by atoms with Crippen LogP contribution in [0.15, 0.2) is 18.5 Å². The molecule has 1 unspecified atom stereocenters. The van der Waals surface area contributed by atoms with Crippen LogP contribution in [0.25, 0.3) is 0 Å². The number of carboxylic acids is 1. The van der Waals surface area contributed by atoms with Crippen LogP contribution in [0.5, 0.6) is 0 Å². The number of aryl methyl sites for hydroxylation is 2.